The summed E-state index contributed by atoms with van der Waals surface area (Å²) in [6.07, 6.45) is 10.6. The van der Waals surface area contributed by atoms with Gasteiger partial charge in [-0.3, -0.25) is 29.6 Å². The second kappa shape index (κ2) is 23.9. The van der Waals surface area contributed by atoms with Gasteiger partial charge in [0.2, 0.25) is 11.8 Å². The lowest BCUT2D eigenvalue weighted by Crippen LogP contribution is -2.65. The van der Waals surface area contributed by atoms with E-state index in [1.807, 2.05) is 20.9 Å². The summed E-state index contributed by atoms with van der Waals surface area (Å²) >= 11 is 0. The van der Waals surface area contributed by atoms with Crippen LogP contribution in [0.25, 0.3) is 0 Å². The van der Waals surface area contributed by atoms with Crippen LogP contribution in [0.1, 0.15) is 99.1 Å². The first-order valence-corrected chi connectivity index (χ1v) is 26.2. The summed E-state index contributed by atoms with van der Waals surface area (Å²) in [7, 11) is 1.92. The van der Waals surface area contributed by atoms with E-state index in [0.717, 1.165) is 77.8 Å². The van der Waals surface area contributed by atoms with Crippen molar-refractivity contribution in [2.24, 2.45) is 28.4 Å². The molecule has 4 unspecified atom stereocenters. The minimum absolute atomic E-state index is 0.0185. The zero-order valence-electron chi connectivity index (χ0n) is 44.0. The van der Waals surface area contributed by atoms with Gasteiger partial charge in [-0.2, -0.15) is 0 Å². The van der Waals surface area contributed by atoms with E-state index in [2.05, 4.69) is 151 Å². The molecule has 2 aromatic carbocycles. The number of carbonyl (C=O) groups excluding carboxylic acids is 2. The van der Waals surface area contributed by atoms with E-state index in [9.17, 15) is 14.7 Å². The molecule has 4 fully saturated rings. The van der Waals surface area contributed by atoms with E-state index in [0.29, 0.717) is 26.3 Å². The molecular weight excluding hydrogens is 865 g/mol. The topological polar surface area (TPSA) is 148 Å². The van der Waals surface area contributed by atoms with Crippen molar-refractivity contribution in [2.45, 2.75) is 155 Å². The highest BCUT2D eigenvalue weighted by molar-refractivity contribution is 5.89. The molecule has 4 aliphatic heterocycles. The Labute approximate surface area is 416 Å². The fraction of sp³-hybridized carbons (Fsp3) is 0.714. The number of terminal acetylenes is 1. The second-order valence-electron chi connectivity index (χ2n) is 22.8. The first kappa shape index (κ1) is 54.9. The quantitative estimate of drug-likeness (QED) is 0.0823. The Bertz CT molecular complexity index is 1990. The molecule has 11 atom stereocenters. The van der Waals surface area contributed by atoms with Crippen molar-refractivity contribution in [1.82, 2.24) is 35.6 Å². The Morgan fingerprint density at radius 1 is 0.797 bits per heavy atom. The van der Waals surface area contributed by atoms with Gasteiger partial charge in [0.1, 0.15) is 12.3 Å². The molecule has 0 bridgehead atoms. The molecule has 4 saturated heterocycles. The minimum Gasteiger partial charge on any atom is -0.377 e. The van der Waals surface area contributed by atoms with Crippen LogP contribution in [0.15, 0.2) is 60.7 Å². The molecule has 2 aromatic rings. The lowest BCUT2D eigenvalue weighted by Gasteiger charge is -2.50. The number of likely N-dealkylation sites (tertiary alicyclic amines) is 4. The first-order valence-electron chi connectivity index (χ1n) is 26.2. The van der Waals surface area contributed by atoms with Gasteiger partial charge in [-0.15, -0.1) is 6.42 Å². The van der Waals surface area contributed by atoms with E-state index in [1.54, 1.807) is 0 Å². The molecule has 4 aliphatic rings. The van der Waals surface area contributed by atoms with Crippen LogP contribution in [0.3, 0.4) is 0 Å². The summed E-state index contributed by atoms with van der Waals surface area (Å²) in [5, 5.41) is 22.4. The van der Waals surface area contributed by atoms with Crippen LogP contribution in [0, 0.1) is 35.0 Å². The van der Waals surface area contributed by atoms with E-state index in [1.165, 1.54) is 11.1 Å². The van der Waals surface area contributed by atoms with Crippen molar-refractivity contribution < 1.29 is 24.2 Å². The monoisotopic (exact) mass is 955 g/mol. The molecular formula is C56H90N8O5. The maximum atomic E-state index is 14.5. The number of nitrogens with two attached hydrogens (primary N) is 1. The minimum atomic E-state index is -0.729. The van der Waals surface area contributed by atoms with Gasteiger partial charge in [0.05, 0.1) is 43.5 Å². The number of fused-ring (bicyclic) bond motifs is 2. The fourth-order valence-electron chi connectivity index (χ4n) is 12.4. The number of aliphatic hydroxyl groups is 1. The number of nitrogens with one attached hydrogen (secondary N) is 3. The average Bonchev–Trinajstić information content (AvgIpc) is 3.63. The number of hydrogen-bond acceptors (Lipinski definition) is 11. The summed E-state index contributed by atoms with van der Waals surface area (Å²) in [6, 6.07) is 20.3. The SMILES string of the molecule is C#CC(NC(C(C)C)C(O)N1CC[C@@]2(C)C[C@@H](OCCO[C@H]3CN(CCc4ccccc4)C[C@@]4(C)N(C(=O)C(NC(=O)CN)C(C)C)CC[C@@]4(C)C3)CN(CCc3ccccc3)C[C@@]12C)[C@H](C)NC. The zero-order chi connectivity index (χ0) is 50.1. The third-order valence-electron chi connectivity index (χ3n) is 17.4. The van der Waals surface area contributed by atoms with Gasteiger partial charge in [0.15, 0.2) is 0 Å². The summed E-state index contributed by atoms with van der Waals surface area (Å²) in [5.41, 5.74) is 7.14. The second-order valence-corrected chi connectivity index (χ2v) is 22.8. The molecule has 13 nitrogen and oxygen atoms in total. The highest BCUT2D eigenvalue weighted by Gasteiger charge is 2.60. The normalized spacial score (nSPS) is 30.2. The average molecular weight is 955 g/mol. The molecule has 4 heterocycles. The summed E-state index contributed by atoms with van der Waals surface area (Å²) in [6.45, 7) is 26.7. The molecule has 69 heavy (non-hydrogen) atoms. The highest BCUT2D eigenvalue weighted by atomic mass is 16.5. The molecule has 0 aliphatic carbocycles. The number of nitrogens with zero attached hydrogens (tertiary/aromatic N) is 4. The smallest absolute Gasteiger partial charge is 0.245 e. The Morgan fingerprint density at radius 2 is 1.30 bits per heavy atom. The van der Waals surface area contributed by atoms with Crippen LogP contribution in [-0.4, -0.2) is 169 Å². The third-order valence-corrected chi connectivity index (χ3v) is 17.4. The molecule has 0 saturated carbocycles. The summed E-state index contributed by atoms with van der Waals surface area (Å²) in [5.74, 6) is 2.65. The summed E-state index contributed by atoms with van der Waals surface area (Å²) < 4.78 is 13.9. The predicted molar refractivity (Wildman–Crippen MR) is 277 cm³/mol. The van der Waals surface area contributed by atoms with Crippen LogP contribution < -0.4 is 21.7 Å². The number of hydrogen-bond donors (Lipinski definition) is 5. The van der Waals surface area contributed by atoms with Gasteiger partial charge in [0.25, 0.3) is 0 Å². The van der Waals surface area contributed by atoms with Gasteiger partial charge >= 0.3 is 0 Å². The van der Waals surface area contributed by atoms with Gasteiger partial charge in [0, 0.05) is 70.0 Å². The van der Waals surface area contributed by atoms with Gasteiger partial charge in [-0.1, -0.05) is 108 Å². The number of carbonyl (C=O) groups is 2. The van der Waals surface area contributed by atoms with Crippen molar-refractivity contribution in [3.05, 3.63) is 71.8 Å². The first-order chi connectivity index (χ1) is 32.8. The van der Waals surface area contributed by atoms with E-state index >= 15 is 0 Å². The summed E-state index contributed by atoms with van der Waals surface area (Å²) in [4.78, 5) is 36.6. The largest absolute Gasteiger partial charge is 0.377 e. The van der Waals surface area contributed by atoms with Crippen LogP contribution >= 0.6 is 0 Å². The van der Waals surface area contributed by atoms with Crippen molar-refractivity contribution in [2.75, 3.05) is 79.2 Å². The molecule has 0 spiro atoms. The number of likely N-dealkylation sites (N-methyl/N-ethyl adjacent to an activating group) is 1. The standard InChI is InChI=1S/C56H90N8O5/c1-12-47(42(6)58-11)59-49(40(2)3)51(66)63-29-25-53(7)33-45(36-61(38-55(53,63)9)27-23-43-19-15-13-16-20-43)68-31-32-69-46-34-54(8)26-30-64(52(67)50(41(4)5)60-48(65)35-57)56(54,10)39-62(37-46)28-24-44-21-17-14-18-22-44/h1,13-22,40-42,45-47,49-51,58-59,66H,23-39,57H2,2-11H3,(H,60,65)/t42-,45+,46+,47?,49?,50?,51?,53-,54-,55+,56+/m0/s1. The number of rotatable bonds is 22. The Kier molecular flexibility index (Phi) is 19.0. The lowest BCUT2D eigenvalue weighted by atomic mass is 9.69. The zero-order valence-corrected chi connectivity index (χ0v) is 44.0. The van der Waals surface area contributed by atoms with Crippen molar-refractivity contribution in [1.29, 1.82) is 0 Å². The Morgan fingerprint density at radius 3 is 1.78 bits per heavy atom. The number of benzene rings is 2. The number of ether oxygens (including phenoxy) is 2. The number of amides is 2. The maximum Gasteiger partial charge on any atom is 0.245 e. The van der Waals surface area contributed by atoms with Crippen LogP contribution in [0.2, 0.25) is 0 Å². The molecule has 13 heteroatoms. The van der Waals surface area contributed by atoms with Gasteiger partial charge in [-0.05, 0) is 100 Å². The van der Waals surface area contributed by atoms with Gasteiger partial charge < -0.3 is 35.8 Å². The van der Waals surface area contributed by atoms with E-state index in [-0.39, 0.29) is 76.9 Å². The molecule has 0 radical (unpaired) electrons. The van der Waals surface area contributed by atoms with E-state index < -0.39 is 17.8 Å². The molecule has 6 N–H and O–H groups in total. The lowest BCUT2D eigenvalue weighted by molar-refractivity contribution is -0.143. The van der Waals surface area contributed by atoms with Gasteiger partial charge in [-0.25, -0.2) is 0 Å². The van der Waals surface area contributed by atoms with Crippen LogP contribution in [0.4, 0.5) is 0 Å². The Balaban J connectivity index is 1.18. The molecule has 384 valence electrons. The number of aliphatic hydroxyl groups excluding tert-OH is 1. The van der Waals surface area contributed by atoms with Crippen molar-refractivity contribution in [3.8, 4) is 12.3 Å². The Hall–Kier alpha value is -3.42. The fourth-order valence-corrected chi connectivity index (χ4v) is 12.4. The van der Waals surface area contributed by atoms with E-state index in [4.69, 9.17) is 21.6 Å². The van der Waals surface area contributed by atoms with Crippen molar-refractivity contribution >= 4 is 11.8 Å². The van der Waals surface area contributed by atoms with Crippen molar-refractivity contribution in [3.63, 3.8) is 0 Å². The highest BCUT2D eigenvalue weighted by Crippen LogP contribution is 2.53. The third kappa shape index (κ3) is 12.6. The molecule has 2 amide bonds. The molecule has 6 rings (SSSR count). The maximum absolute atomic E-state index is 14.5. The van der Waals surface area contributed by atoms with Crippen LogP contribution in [0.5, 0.6) is 0 Å². The molecule has 0 aromatic heterocycles. The van der Waals surface area contributed by atoms with Crippen LogP contribution in [-0.2, 0) is 31.9 Å². The predicted octanol–water partition coefficient (Wildman–Crippen LogP) is 4.76.